The van der Waals surface area contributed by atoms with Gasteiger partial charge in [-0.3, -0.25) is 4.79 Å². The maximum atomic E-state index is 12.9. The molecule has 1 aliphatic carbocycles. The molecular weight excluding hydrogens is 344 g/mol. The van der Waals surface area contributed by atoms with Gasteiger partial charge in [0.15, 0.2) is 14.1 Å². The van der Waals surface area contributed by atoms with E-state index in [-0.39, 0.29) is 27.1 Å². The Morgan fingerprint density at radius 1 is 1.26 bits per heavy atom. The van der Waals surface area contributed by atoms with E-state index in [1.807, 2.05) is 23.5 Å². The predicted octanol–water partition coefficient (Wildman–Crippen LogP) is 4.49. The molecule has 23 heavy (non-hydrogen) atoms. The quantitative estimate of drug-likeness (QED) is 0.523. The molecule has 1 heterocycles. The summed E-state index contributed by atoms with van der Waals surface area (Å²) in [6.07, 6.45) is 2.66. The molecule has 2 atom stereocenters. The normalized spacial score (nSPS) is 28.3. The lowest BCUT2D eigenvalue weighted by Gasteiger charge is -2.45. The van der Waals surface area contributed by atoms with Crippen molar-refractivity contribution in [1.82, 2.24) is 0 Å². The molecule has 1 saturated heterocycles. The highest BCUT2D eigenvalue weighted by Crippen LogP contribution is 2.54. The lowest BCUT2D eigenvalue weighted by molar-refractivity contribution is -0.141. The topological polar surface area (TPSA) is 35.5 Å². The molecule has 2 rings (SSSR count). The number of rotatable bonds is 5. The molecule has 0 bridgehead atoms. The van der Waals surface area contributed by atoms with Gasteiger partial charge >= 0.3 is 0 Å². The highest BCUT2D eigenvalue weighted by molar-refractivity contribution is 8.21. The third-order valence-corrected chi connectivity index (χ3v) is 13.1. The molecule has 1 spiro atoms. The maximum Gasteiger partial charge on any atom is 0.193 e. The van der Waals surface area contributed by atoms with Crippen LogP contribution in [0.25, 0.3) is 0 Å². The molecule has 0 radical (unpaired) electrons. The number of hydrogen-bond donors (Lipinski definition) is 0. The van der Waals surface area contributed by atoms with Crippen molar-refractivity contribution in [1.29, 1.82) is 0 Å². The van der Waals surface area contributed by atoms with Crippen LogP contribution in [-0.2, 0) is 14.0 Å². The fourth-order valence-electron chi connectivity index (χ4n) is 2.75. The summed E-state index contributed by atoms with van der Waals surface area (Å²) in [7, 11) is -1.98. The van der Waals surface area contributed by atoms with Crippen LogP contribution < -0.4 is 0 Å². The van der Waals surface area contributed by atoms with Crippen LogP contribution in [0.5, 0.6) is 0 Å². The molecule has 0 amide bonds. The predicted molar refractivity (Wildman–Crippen MR) is 104 cm³/mol. The second kappa shape index (κ2) is 7.24. The van der Waals surface area contributed by atoms with Crippen LogP contribution in [-0.4, -0.2) is 48.5 Å². The first-order chi connectivity index (χ1) is 10.6. The summed E-state index contributed by atoms with van der Waals surface area (Å²) >= 11 is 3.96. The minimum Gasteiger partial charge on any atom is -0.407 e. The van der Waals surface area contributed by atoms with E-state index in [0.717, 1.165) is 24.3 Å². The monoisotopic (exact) mass is 374 g/mol. The maximum absolute atomic E-state index is 12.9. The first-order valence-electron chi connectivity index (χ1n) is 8.32. The molecule has 0 aromatic rings. The van der Waals surface area contributed by atoms with Crippen molar-refractivity contribution in [2.75, 3.05) is 18.1 Å². The number of thioether (sulfide) groups is 2. The second-order valence-corrected chi connectivity index (χ2v) is 15.9. The molecular formula is C17H30O3S2Si. The Morgan fingerprint density at radius 2 is 1.83 bits per heavy atom. The van der Waals surface area contributed by atoms with Crippen molar-refractivity contribution >= 4 is 37.6 Å². The molecule has 0 aromatic heterocycles. The van der Waals surface area contributed by atoms with Gasteiger partial charge in [-0.1, -0.05) is 26.8 Å². The van der Waals surface area contributed by atoms with Gasteiger partial charge in [-0.2, -0.15) is 0 Å². The Hall–Kier alpha value is 0.247. The highest BCUT2D eigenvalue weighted by atomic mass is 32.2. The number of carbonyl (C=O) groups is 1. The molecule has 3 nitrogen and oxygen atoms in total. The largest absolute Gasteiger partial charge is 0.407 e. The van der Waals surface area contributed by atoms with E-state index < -0.39 is 8.32 Å². The third-order valence-electron chi connectivity index (χ3n) is 5.10. The lowest BCUT2D eigenvalue weighted by atomic mass is 9.92. The molecule has 0 N–H and O–H groups in total. The zero-order valence-corrected chi connectivity index (χ0v) is 17.6. The Kier molecular flexibility index (Phi) is 6.16. The number of ketones is 1. The van der Waals surface area contributed by atoms with Crippen LogP contribution >= 0.6 is 23.5 Å². The van der Waals surface area contributed by atoms with Gasteiger partial charge in [0.2, 0.25) is 0 Å². The summed E-state index contributed by atoms with van der Waals surface area (Å²) in [5.41, 5.74) is 0. The Bertz CT molecular complexity index is 453. The van der Waals surface area contributed by atoms with Crippen molar-refractivity contribution in [2.45, 2.75) is 68.0 Å². The van der Waals surface area contributed by atoms with Crippen molar-refractivity contribution in [3.05, 3.63) is 12.7 Å². The smallest absolute Gasteiger partial charge is 0.193 e. The Balaban J connectivity index is 2.18. The number of carbonyl (C=O) groups excluding carboxylic acids is 1. The zero-order chi connectivity index (χ0) is 17.3. The number of ether oxygens (including phenoxy) is 1. The van der Waals surface area contributed by atoms with Gasteiger partial charge in [0.25, 0.3) is 0 Å². The molecule has 0 aromatic carbocycles. The number of Topliss-reactive ketones (excluding diaryl/α,β-unsaturated/α-hetero) is 1. The van der Waals surface area contributed by atoms with E-state index >= 15 is 0 Å². The summed E-state index contributed by atoms with van der Waals surface area (Å²) in [4.78, 5) is 12.9. The fourth-order valence-corrected chi connectivity index (χ4v) is 7.33. The summed E-state index contributed by atoms with van der Waals surface area (Å²) in [6, 6.07) is 0. The van der Waals surface area contributed by atoms with Crippen LogP contribution in [0, 0.1) is 0 Å². The van der Waals surface area contributed by atoms with Crippen LogP contribution in [0.15, 0.2) is 12.7 Å². The van der Waals surface area contributed by atoms with Gasteiger partial charge in [0, 0.05) is 24.3 Å². The second-order valence-electron chi connectivity index (χ2n) is 7.90. The van der Waals surface area contributed by atoms with E-state index in [0.29, 0.717) is 6.61 Å². The standard InChI is InChI=1S/C17H30O3S2Si/c1-7-8-19-13-11-17(21-9-10-22-17)12-14(15(13)18)20-23(5,6)16(2,3)4/h7,13-14H,1,8-12H2,2-6H3/t13-,14-/m1/s1. The molecule has 6 heteroatoms. The Morgan fingerprint density at radius 3 is 2.35 bits per heavy atom. The van der Waals surface area contributed by atoms with Gasteiger partial charge in [0.1, 0.15) is 12.2 Å². The van der Waals surface area contributed by atoms with Gasteiger partial charge in [-0.25, -0.2) is 0 Å². The molecule has 0 unspecified atom stereocenters. The molecule has 1 saturated carbocycles. The average molecular weight is 375 g/mol. The van der Waals surface area contributed by atoms with Crippen molar-refractivity contribution in [2.24, 2.45) is 0 Å². The number of hydrogen-bond acceptors (Lipinski definition) is 5. The SMILES string of the molecule is C=CCO[C@@H]1CC2(C[C@@H](O[Si](C)(C)C(C)(C)C)C1=O)SCCS2. The minimum absolute atomic E-state index is 0.0901. The van der Waals surface area contributed by atoms with Crippen molar-refractivity contribution < 1.29 is 14.0 Å². The van der Waals surface area contributed by atoms with Crippen LogP contribution in [0.4, 0.5) is 0 Å². The molecule has 132 valence electrons. The zero-order valence-electron chi connectivity index (χ0n) is 15.0. The van der Waals surface area contributed by atoms with Crippen molar-refractivity contribution in [3.63, 3.8) is 0 Å². The summed E-state index contributed by atoms with van der Waals surface area (Å²) in [5, 5.41) is 0.103. The highest BCUT2D eigenvalue weighted by Gasteiger charge is 2.51. The fraction of sp³-hybridized carbons (Fsp3) is 0.824. The third kappa shape index (κ3) is 4.45. The van der Waals surface area contributed by atoms with Gasteiger partial charge < -0.3 is 9.16 Å². The molecule has 2 aliphatic rings. The van der Waals surface area contributed by atoms with E-state index in [2.05, 4.69) is 40.4 Å². The van der Waals surface area contributed by atoms with Crippen LogP contribution in [0.2, 0.25) is 18.1 Å². The van der Waals surface area contributed by atoms with Gasteiger partial charge in [-0.15, -0.1) is 30.1 Å². The Labute approximate surface area is 150 Å². The summed E-state index contributed by atoms with van der Waals surface area (Å²) < 4.78 is 12.4. The first-order valence-corrected chi connectivity index (χ1v) is 13.2. The average Bonchev–Trinajstić information content (AvgIpc) is 2.87. The van der Waals surface area contributed by atoms with E-state index in [9.17, 15) is 4.79 Å². The molecule has 2 fully saturated rings. The first kappa shape index (κ1) is 19.6. The van der Waals surface area contributed by atoms with Gasteiger partial charge in [0.05, 0.1) is 10.7 Å². The van der Waals surface area contributed by atoms with Crippen LogP contribution in [0.3, 0.4) is 0 Å². The molecule has 1 aliphatic heterocycles. The van der Waals surface area contributed by atoms with Gasteiger partial charge in [-0.05, 0) is 18.1 Å². The van der Waals surface area contributed by atoms with E-state index in [4.69, 9.17) is 9.16 Å². The summed E-state index contributed by atoms with van der Waals surface area (Å²) in [6.45, 7) is 15.2. The van der Waals surface area contributed by atoms with Crippen LogP contribution in [0.1, 0.15) is 33.6 Å². The van der Waals surface area contributed by atoms with E-state index in [1.54, 1.807) is 6.08 Å². The lowest BCUT2D eigenvalue weighted by Crippen LogP contribution is -2.54. The van der Waals surface area contributed by atoms with E-state index in [1.165, 1.54) is 0 Å². The minimum atomic E-state index is -1.98. The summed E-state index contributed by atoms with van der Waals surface area (Å²) in [5.74, 6) is 2.44. The van der Waals surface area contributed by atoms with Crippen molar-refractivity contribution in [3.8, 4) is 0 Å².